The van der Waals surface area contributed by atoms with Gasteiger partial charge in [0.2, 0.25) is 0 Å². The standard InChI is InChI=1S/C19H25ClN2O/c20-15-9-7-11-17-18(15)19(21-12-5-1-2-6-13-23)14-8-3-4-10-16(14)22-17/h7,9,11,23H,1-6,8,10,12-13H2,(H,21,22). The van der Waals surface area contributed by atoms with Crippen LogP contribution in [0.5, 0.6) is 0 Å². The maximum atomic E-state index is 8.84. The molecular formula is C19H25ClN2O. The van der Waals surface area contributed by atoms with Crippen molar-refractivity contribution in [1.82, 2.24) is 4.98 Å². The zero-order valence-electron chi connectivity index (χ0n) is 13.6. The number of benzene rings is 1. The average Bonchev–Trinajstić information content (AvgIpc) is 2.57. The molecule has 0 atom stereocenters. The fraction of sp³-hybridized carbons (Fsp3) is 0.526. The number of pyridine rings is 1. The minimum atomic E-state index is 0.297. The first-order valence-corrected chi connectivity index (χ1v) is 9.14. The largest absolute Gasteiger partial charge is 0.396 e. The third-order valence-corrected chi connectivity index (χ3v) is 4.94. The summed E-state index contributed by atoms with van der Waals surface area (Å²) in [5, 5.41) is 14.3. The van der Waals surface area contributed by atoms with Gasteiger partial charge in [-0.2, -0.15) is 0 Å². The molecule has 2 N–H and O–H groups in total. The molecule has 0 saturated carbocycles. The van der Waals surface area contributed by atoms with Gasteiger partial charge in [-0.1, -0.05) is 30.5 Å². The van der Waals surface area contributed by atoms with E-state index in [1.165, 1.54) is 29.8 Å². The van der Waals surface area contributed by atoms with Crippen molar-refractivity contribution in [2.75, 3.05) is 18.5 Å². The highest BCUT2D eigenvalue weighted by atomic mass is 35.5. The third kappa shape index (κ3) is 3.78. The fourth-order valence-corrected chi connectivity index (χ4v) is 3.69. The fourth-order valence-electron chi connectivity index (χ4n) is 3.43. The second-order valence-corrected chi connectivity index (χ2v) is 6.72. The predicted octanol–water partition coefficient (Wildman–Crippen LogP) is 4.73. The summed E-state index contributed by atoms with van der Waals surface area (Å²) in [6, 6.07) is 5.99. The Balaban J connectivity index is 1.84. The monoisotopic (exact) mass is 332 g/mol. The van der Waals surface area contributed by atoms with Crippen molar-refractivity contribution in [3.8, 4) is 0 Å². The number of aryl methyl sites for hydroxylation is 1. The van der Waals surface area contributed by atoms with Crippen LogP contribution in [-0.4, -0.2) is 23.2 Å². The molecule has 1 aliphatic rings. The van der Waals surface area contributed by atoms with Crippen LogP contribution in [0.1, 0.15) is 49.8 Å². The van der Waals surface area contributed by atoms with Gasteiger partial charge < -0.3 is 10.4 Å². The van der Waals surface area contributed by atoms with Gasteiger partial charge in [0.15, 0.2) is 0 Å². The minimum Gasteiger partial charge on any atom is -0.396 e. The number of hydrogen-bond acceptors (Lipinski definition) is 3. The summed E-state index contributed by atoms with van der Waals surface area (Å²) in [7, 11) is 0. The lowest BCUT2D eigenvalue weighted by Gasteiger charge is -2.22. The molecule has 1 aliphatic carbocycles. The van der Waals surface area contributed by atoms with Crippen LogP contribution in [0.4, 0.5) is 5.69 Å². The van der Waals surface area contributed by atoms with E-state index in [2.05, 4.69) is 11.4 Å². The molecule has 0 aliphatic heterocycles. The Morgan fingerprint density at radius 1 is 1.09 bits per heavy atom. The normalized spacial score (nSPS) is 14.0. The van der Waals surface area contributed by atoms with Crippen LogP contribution in [0.15, 0.2) is 18.2 Å². The molecule has 0 fully saturated rings. The molecule has 1 aromatic carbocycles. The summed E-state index contributed by atoms with van der Waals surface area (Å²) in [6.45, 7) is 1.24. The van der Waals surface area contributed by atoms with Gasteiger partial charge in [0.1, 0.15) is 0 Å². The van der Waals surface area contributed by atoms with Crippen LogP contribution in [-0.2, 0) is 12.8 Å². The van der Waals surface area contributed by atoms with Crippen LogP contribution < -0.4 is 5.32 Å². The Bertz CT molecular complexity index is 672. The van der Waals surface area contributed by atoms with Crippen LogP contribution >= 0.6 is 11.6 Å². The van der Waals surface area contributed by atoms with E-state index in [-0.39, 0.29) is 0 Å². The summed E-state index contributed by atoms with van der Waals surface area (Å²) < 4.78 is 0. The first-order chi connectivity index (χ1) is 11.3. The number of hydrogen-bond donors (Lipinski definition) is 2. The molecule has 0 radical (unpaired) electrons. The Hall–Kier alpha value is -1.32. The van der Waals surface area contributed by atoms with Crippen LogP contribution in [0.25, 0.3) is 10.9 Å². The van der Waals surface area contributed by atoms with E-state index in [9.17, 15) is 0 Å². The van der Waals surface area contributed by atoms with Crippen LogP contribution in [0.3, 0.4) is 0 Å². The van der Waals surface area contributed by atoms with Crippen molar-refractivity contribution < 1.29 is 5.11 Å². The highest BCUT2D eigenvalue weighted by molar-refractivity contribution is 6.36. The van der Waals surface area contributed by atoms with Gasteiger partial charge in [0, 0.05) is 24.2 Å². The summed E-state index contributed by atoms with van der Waals surface area (Å²) in [6.07, 6.45) is 8.88. The number of aliphatic hydroxyl groups is 1. The number of anilines is 1. The number of nitrogens with one attached hydrogen (secondary N) is 1. The van der Waals surface area contributed by atoms with Gasteiger partial charge in [0.05, 0.1) is 16.2 Å². The zero-order chi connectivity index (χ0) is 16.1. The van der Waals surface area contributed by atoms with E-state index in [4.69, 9.17) is 21.7 Å². The van der Waals surface area contributed by atoms with Gasteiger partial charge in [-0.3, -0.25) is 4.98 Å². The van der Waals surface area contributed by atoms with Crippen molar-refractivity contribution >= 4 is 28.2 Å². The second-order valence-electron chi connectivity index (χ2n) is 6.32. The Labute approximate surface area is 143 Å². The highest BCUT2D eigenvalue weighted by Gasteiger charge is 2.19. The molecule has 1 heterocycles. The number of aromatic nitrogens is 1. The van der Waals surface area contributed by atoms with Gasteiger partial charge in [-0.05, 0) is 56.2 Å². The van der Waals surface area contributed by atoms with Gasteiger partial charge in [-0.15, -0.1) is 0 Å². The number of fused-ring (bicyclic) bond motifs is 2. The number of nitrogens with zero attached hydrogens (tertiary/aromatic N) is 1. The first-order valence-electron chi connectivity index (χ1n) is 8.76. The molecule has 0 amide bonds. The molecule has 4 heteroatoms. The summed E-state index contributed by atoms with van der Waals surface area (Å²) in [5.41, 5.74) is 4.82. The number of unbranched alkanes of at least 4 members (excludes halogenated alkanes) is 3. The lowest BCUT2D eigenvalue weighted by molar-refractivity contribution is 0.283. The lowest BCUT2D eigenvalue weighted by Crippen LogP contribution is -2.12. The highest BCUT2D eigenvalue weighted by Crippen LogP contribution is 2.36. The topological polar surface area (TPSA) is 45.1 Å². The molecule has 23 heavy (non-hydrogen) atoms. The van der Waals surface area contributed by atoms with Crippen molar-refractivity contribution in [1.29, 1.82) is 0 Å². The van der Waals surface area contributed by atoms with Crippen molar-refractivity contribution in [3.05, 3.63) is 34.5 Å². The molecule has 2 aromatic rings. The molecule has 0 unspecified atom stereocenters. The van der Waals surface area contributed by atoms with Gasteiger partial charge >= 0.3 is 0 Å². The smallest absolute Gasteiger partial charge is 0.0741 e. The molecule has 0 bridgehead atoms. The Morgan fingerprint density at radius 3 is 2.78 bits per heavy atom. The number of halogens is 1. The van der Waals surface area contributed by atoms with Crippen molar-refractivity contribution in [2.24, 2.45) is 0 Å². The van der Waals surface area contributed by atoms with Crippen LogP contribution in [0.2, 0.25) is 5.02 Å². The Kier molecular flexibility index (Phi) is 5.74. The predicted molar refractivity (Wildman–Crippen MR) is 97.4 cm³/mol. The van der Waals surface area contributed by atoms with Crippen molar-refractivity contribution in [2.45, 2.75) is 51.4 Å². The summed E-state index contributed by atoms with van der Waals surface area (Å²) >= 11 is 6.48. The lowest BCUT2D eigenvalue weighted by atomic mass is 9.92. The Morgan fingerprint density at radius 2 is 1.91 bits per heavy atom. The zero-order valence-corrected chi connectivity index (χ0v) is 14.3. The maximum Gasteiger partial charge on any atom is 0.0741 e. The van der Waals surface area contributed by atoms with Gasteiger partial charge in [-0.25, -0.2) is 0 Å². The molecule has 3 rings (SSSR count). The SMILES string of the molecule is OCCCCCCNc1c2c(nc3cccc(Cl)c13)CCCC2. The van der Waals surface area contributed by atoms with E-state index in [0.29, 0.717) is 6.61 Å². The van der Waals surface area contributed by atoms with E-state index < -0.39 is 0 Å². The quantitative estimate of drug-likeness (QED) is 0.720. The molecule has 124 valence electrons. The van der Waals surface area contributed by atoms with Gasteiger partial charge in [0.25, 0.3) is 0 Å². The summed E-state index contributed by atoms with van der Waals surface area (Å²) in [5.74, 6) is 0. The molecule has 1 aromatic heterocycles. The van der Waals surface area contributed by atoms with E-state index >= 15 is 0 Å². The van der Waals surface area contributed by atoms with E-state index in [1.807, 2.05) is 12.1 Å². The summed E-state index contributed by atoms with van der Waals surface area (Å²) in [4.78, 5) is 4.85. The molecule has 0 saturated heterocycles. The minimum absolute atomic E-state index is 0.297. The first kappa shape index (κ1) is 16.5. The number of rotatable bonds is 7. The van der Waals surface area contributed by atoms with E-state index in [0.717, 1.165) is 61.0 Å². The molecule has 3 nitrogen and oxygen atoms in total. The van der Waals surface area contributed by atoms with Crippen LogP contribution in [0, 0.1) is 0 Å². The molecule has 0 spiro atoms. The van der Waals surface area contributed by atoms with Crippen molar-refractivity contribution in [3.63, 3.8) is 0 Å². The maximum absolute atomic E-state index is 8.84. The third-order valence-electron chi connectivity index (χ3n) is 4.62. The second kappa shape index (κ2) is 7.98. The van der Waals surface area contributed by atoms with E-state index in [1.54, 1.807) is 0 Å². The number of aliphatic hydroxyl groups excluding tert-OH is 1. The average molecular weight is 333 g/mol. The molecular weight excluding hydrogens is 308 g/mol.